The summed E-state index contributed by atoms with van der Waals surface area (Å²) < 4.78 is 18.3. The number of hydrogen-bond donors (Lipinski definition) is 1. The second kappa shape index (κ2) is 4.98. The smallest absolute Gasteiger partial charge is 0.123 e. The van der Waals surface area contributed by atoms with Crippen LogP contribution in [0.2, 0.25) is 0 Å². The molecule has 2 saturated carbocycles. The van der Waals surface area contributed by atoms with Crippen LogP contribution < -0.4 is 5.32 Å². The first-order valence-electron chi connectivity index (χ1n) is 6.80. The maximum Gasteiger partial charge on any atom is 0.123 e. The fourth-order valence-corrected chi connectivity index (χ4v) is 2.75. The van der Waals surface area contributed by atoms with Gasteiger partial charge in [0, 0.05) is 19.2 Å². The Hall–Kier alpha value is -0.930. The van der Waals surface area contributed by atoms with Gasteiger partial charge in [0.25, 0.3) is 0 Å². The van der Waals surface area contributed by atoms with E-state index in [1.807, 2.05) is 12.1 Å². The molecule has 1 atom stereocenters. The van der Waals surface area contributed by atoms with Gasteiger partial charge in [-0.3, -0.25) is 0 Å². The molecule has 1 aromatic carbocycles. The standard InChI is InChI=1S/C15H20FNO/c1-18-14-8-13(9-14)17-15(10-2-3-10)11-4-6-12(16)7-5-11/h4-7,10,13-15,17H,2-3,8-9H2,1H3. The van der Waals surface area contributed by atoms with Crippen molar-refractivity contribution < 1.29 is 9.13 Å². The molecular formula is C15H20FNO. The predicted octanol–water partition coefficient (Wildman–Crippen LogP) is 3.04. The summed E-state index contributed by atoms with van der Waals surface area (Å²) in [6, 6.07) is 7.91. The summed E-state index contributed by atoms with van der Waals surface area (Å²) in [6.07, 6.45) is 5.20. The second-order valence-electron chi connectivity index (χ2n) is 5.56. The summed E-state index contributed by atoms with van der Waals surface area (Å²) in [5, 5.41) is 3.71. The molecule has 3 heteroatoms. The molecule has 0 amide bonds. The monoisotopic (exact) mass is 249 g/mol. The van der Waals surface area contributed by atoms with E-state index >= 15 is 0 Å². The van der Waals surface area contributed by atoms with Crippen molar-refractivity contribution in [2.75, 3.05) is 7.11 Å². The molecule has 1 N–H and O–H groups in total. The third kappa shape index (κ3) is 2.57. The lowest BCUT2D eigenvalue weighted by Crippen LogP contribution is -2.46. The van der Waals surface area contributed by atoms with Crippen molar-refractivity contribution in [2.45, 2.75) is 43.9 Å². The highest BCUT2D eigenvalue weighted by Gasteiger charge is 2.37. The lowest BCUT2D eigenvalue weighted by atomic mass is 9.87. The first kappa shape index (κ1) is 12.1. The molecule has 1 aromatic rings. The third-order valence-corrected chi connectivity index (χ3v) is 4.17. The number of halogens is 1. The van der Waals surface area contributed by atoms with Crippen LogP contribution in [0, 0.1) is 11.7 Å². The summed E-state index contributed by atoms with van der Waals surface area (Å²) in [5.74, 6) is 0.577. The Bertz CT molecular complexity index is 395. The van der Waals surface area contributed by atoms with Gasteiger partial charge in [-0.2, -0.15) is 0 Å². The highest BCUT2D eigenvalue weighted by atomic mass is 19.1. The van der Waals surface area contributed by atoms with Gasteiger partial charge in [-0.15, -0.1) is 0 Å². The van der Waals surface area contributed by atoms with Gasteiger partial charge in [0.1, 0.15) is 5.82 Å². The Morgan fingerprint density at radius 1 is 1.22 bits per heavy atom. The zero-order valence-electron chi connectivity index (χ0n) is 10.7. The Labute approximate surface area is 108 Å². The number of benzene rings is 1. The van der Waals surface area contributed by atoms with E-state index in [1.54, 1.807) is 19.2 Å². The van der Waals surface area contributed by atoms with E-state index in [4.69, 9.17) is 4.74 Å². The zero-order chi connectivity index (χ0) is 12.5. The molecule has 0 bridgehead atoms. The molecule has 0 aliphatic heterocycles. The Morgan fingerprint density at radius 3 is 2.44 bits per heavy atom. The molecule has 1 unspecified atom stereocenters. The molecule has 98 valence electrons. The van der Waals surface area contributed by atoms with Crippen LogP contribution in [0.1, 0.15) is 37.3 Å². The highest BCUT2D eigenvalue weighted by Crippen LogP contribution is 2.42. The highest BCUT2D eigenvalue weighted by molar-refractivity contribution is 5.22. The van der Waals surface area contributed by atoms with Crippen LogP contribution in [0.3, 0.4) is 0 Å². The Balaban J connectivity index is 1.64. The van der Waals surface area contributed by atoms with Crippen LogP contribution in [0.4, 0.5) is 4.39 Å². The molecule has 0 heterocycles. The minimum atomic E-state index is -0.156. The zero-order valence-corrected chi connectivity index (χ0v) is 10.7. The number of ether oxygens (including phenoxy) is 1. The van der Waals surface area contributed by atoms with Gasteiger partial charge >= 0.3 is 0 Å². The van der Waals surface area contributed by atoms with E-state index < -0.39 is 0 Å². The van der Waals surface area contributed by atoms with Crippen LogP contribution in [0.15, 0.2) is 24.3 Å². The van der Waals surface area contributed by atoms with E-state index in [0.717, 1.165) is 18.8 Å². The van der Waals surface area contributed by atoms with Crippen LogP contribution in [-0.4, -0.2) is 19.3 Å². The summed E-state index contributed by atoms with van der Waals surface area (Å²) in [5.41, 5.74) is 1.22. The lowest BCUT2D eigenvalue weighted by molar-refractivity contribution is 0.0133. The average molecular weight is 249 g/mol. The molecule has 2 fully saturated rings. The topological polar surface area (TPSA) is 21.3 Å². The SMILES string of the molecule is COC1CC(NC(c2ccc(F)cc2)C2CC2)C1. The number of methoxy groups -OCH3 is 1. The third-order valence-electron chi connectivity index (χ3n) is 4.17. The van der Waals surface area contributed by atoms with Crippen molar-refractivity contribution in [3.05, 3.63) is 35.6 Å². The molecule has 0 spiro atoms. The van der Waals surface area contributed by atoms with E-state index in [-0.39, 0.29) is 5.82 Å². The van der Waals surface area contributed by atoms with Gasteiger partial charge in [-0.1, -0.05) is 12.1 Å². The van der Waals surface area contributed by atoms with Crippen molar-refractivity contribution in [1.29, 1.82) is 0 Å². The van der Waals surface area contributed by atoms with Gasteiger partial charge in [0.05, 0.1) is 6.10 Å². The molecule has 2 nitrogen and oxygen atoms in total. The van der Waals surface area contributed by atoms with Crippen LogP contribution in [0.5, 0.6) is 0 Å². The molecule has 2 aliphatic carbocycles. The normalized spacial score (nSPS) is 28.8. The quantitative estimate of drug-likeness (QED) is 0.866. The summed E-state index contributed by atoms with van der Waals surface area (Å²) in [6.45, 7) is 0. The van der Waals surface area contributed by atoms with Crippen molar-refractivity contribution in [1.82, 2.24) is 5.32 Å². The number of hydrogen-bond acceptors (Lipinski definition) is 2. The van der Waals surface area contributed by atoms with Crippen LogP contribution in [-0.2, 0) is 4.74 Å². The first-order chi connectivity index (χ1) is 8.76. The van der Waals surface area contributed by atoms with Crippen molar-refractivity contribution >= 4 is 0 Å². The number of rotatable bonds is 5. The Kier molecular flexibility index (Phi) is 3.35. The van der Waals surface area contributed by atoms with Crippen molar-refractivity contribution in [3.63, 3.8) is 0 Å². The predicted molar refractivity (Wildman–Crippen MR) is 68.8 cm³/mol. The lowest BCUT2D eigenvalue weighted by Gasteiger charge is -2.37. The molecule has 2 aliphatic rings. The molecule has 0 aromatic heterocycles. The maximum atomic E-state index is 13.0. The molecule has 0 saturated heterocycles. The fraction of sp³-hybridized carbons (Fsp3) is 0.600. The fourth-order valence-electron chi connectivity index (χ4n) is 2.75. The van der Waals surface area contributed by atoms with E-state index in [0.29, 0.717) is 18.2 Å². The minimum Gasteiger partial charge on any atom is -0.381 e. The average Bonchev–Trinajstić information content (AvgIpc) is 3.14. The van der Waals surface area contributed by atoms with Gasteiger partial charge in [-0.25, -0.2) is 4.39 Å². The van der Waals surface area contributed by atoms with E-state index in [2.05, 4.69) is 5.32 Å². The van der Waals surface area contributed by atoms with Gasteiger partial charge < -0.3 is 10.1 Å². The maximum absolute atomic E-state index is 13.0. The summed E-state index contributed by atoms with van der Waals surface area (Å²) in [4.78, 5) is 0. The van der Waals surface area contributed by atoms with Gasteiger partial charge in [0.2, 0.25) is 0 Å². The van der Waals surface area contributed by atoms with Crippen LogP contribution >= 0.6 is 0 Å². The van der Waals surface area contributed by atoms with Crippen LogP contribution in [0.25, 0.3) is 0 Å². The molecular weight excluding hydrogens is 229 g/mol. The van der Waals surface area contributed by atoms with Gasteiger partial charge in [-0.05, 0) is 49.3 Å². The summed E-state index contributed by atoms with van der Waals surface area (Å²) >= 11 is 0. The summed E-state index contributed by atoms with van der Waals surface area (Å²) in [7, 11) is 1.78. The molecule has 0 radical (unpaired) electrons. The Morgan fingerprint density at radius 2 is 1.89 bits per heavy atom. The number of nitrogens with one attached hydrogen (secondary N) is 1. The largest absolute Gasteiger partial charge is 0.381 e. The van der Waals surface area contributed by atoms with Crippen molar-refractivity contribution in [3.8, 4) is 0 Å². The second-order valence-corrected chi connectivity index (χ2v) is 5.56. The van der Waals surface area contributed by atoms with Crippen molar-refractivity contribution in [2.24, 2.45) is 5.92 Å². The van der Waals surface area contributed by atoms with E-state index in [9.17, 15) is 4.39 Å². The first-order valence-corrected chi connectivity index (χ1v) is 6.80. The van der Waals surface area contributed by atoms with E-state index in [1.165, 1.54) is 18.4 Å². The molecule has 18 heavy (non-hydrogen) atoms. The molecule has 3 rings (SSSR count). The van der Waals surface area contributed by atoms with Gasteiger partial charge in [0.15, 0.2) is 0 Å². The minimum absolute atomic E-state index is 0.156.